The van der Waals surface area contributed by atoms with Crippen molar-refractivity contribution in [2.75, 3.05) is 0 Å². The summed E-state index contributed by atoms with van der Waals surface area (Å²) in [5.74, 6) is -1.85. The monoisotopic (exact) mass is 343 g/mol. The first kappa shape index (κ1) is 18.4. The van der Waals surface area contributed by atoms with Crippen LogP contribution in [0.2, 0.25) is 0 Å². The highest BCUT2D eigenvalue weighted by atomic mass is 19.3. The van der Waals surface area contributed by atoms with Gasteiger partial charge in [-0.3, -0.25) is 9.59 Å². The molecule has 2 N–H and O–H groups in total. The zero-order chi connectivity index (χ0) is 17.9. The van der Waals surface area contributed by atoms with E-state index in [4.69, 9.17) is 0 Å². The summed E-state index contributed by atoms with van der Waals surface area (Å²) in [5.41, 5.74) is 1.11. The van der Waals surface area contributed by atoms with Gasteiger partial charge in [0, 0.05) is 17.3 Å². The van der Waals surface area contributed by atoms with Crippen molar-refractivity contribution in [1.29, 1.82) is 0 Å². The minimum atomic E-state index is -2.75. The lowest BCUT2D eigenvalue weighted by molar-refractivity contribution is -0.143. The van der Waals surface area contributed by atoms with Gasteiger partial charge >= 0.3 is 12.5 Å². The number of carboxylic acid groups (broad SMARTS) is 1. The molecule has 2 rings (SSSR count). The highest BCUT2D eigenvalue weighted by Gasteiger charge is 2.31. The Morgan fingerprint density at radius 2 is 1.96 bits per heavy atom. The van der Waals surface area contributed by atoms with E-state index in [1.165, 1.54) is 6.92 Å². The number of aliphatic carboxylic acids is 1. The number of nitrogens with one attached hydrogen (secondary N) is 1. The molecule has 1 aliphatic carbocycles. The molecule has 0 saturated heterocycles. The van der Waals surface area contributed by atoms with Gasteiger partial charge in [-0.2, -0.15) is 13.9 Å². The van der Waals surface area contributed by atoms with Crippen molar-refractivity contribution in [2.24, 2.45) is 5.92 Å². The lowest BCUT2D eigenvalue weighted by Crippen LogP contribution is -2.43. The Labute approximate surface area is 139 Å². The lowest BCUT2D eigenvalue weighted by atomic mass is 9.94. The maximum Gasteiger partial charge on any atom is 0.333 e. The summed E-state index contributed by atoms with van der Waals surface area (Å²) < 4.78 is 26.3. The van der Waals surface area contributed by atoms with Crippen LogP contribution in [0.1, 0.15) is 55.6 Å². The van der Waals surface area contributed by atoms with Crippen molar-refractivity contribution in [2.45, 2.75) is 65.0 Å². The lowest BCUT2D eigenvalue weighted by Gasteiger charge is -2.23. The summed E-state index contributed by atoms with van der Waals surface area (Å²) in [6.45, 7) is 0.333. The molecular formula is C16H23F2N3O3. The number of aryl methyl sites for hydroxylation is 1. The minimum Gasteiger partial charge on any atom is -0.481 e. The summed E-state index contributed by atoms with van der Waals surface area (Å²) in [6, 6.07) is -0.414. The third-order valence-electron chi connectivity index (χ3n) is 4.68. The Morgan fingerprint density at radius 1 is 1.29 bits per heavy atom. The average Bonchev–Trinajstić information content (AvgIpc) is 2.67. The third kappa shape index (κ3) is 4.10. The number of carboxylic acids is 1. The van der Waals surface area contributed by atoms with Crippen LogP contribution < -0.4 is 5.32 Å². The van der Waals surface area contributed by atoms with Gasteiger partial charge in [0.05, 0.1) is 18.0 Å². The Bertz CT molecular complexity index is 616. The maximum absolute atomic E-state index is 12.9. The highest BCUT2D eigenvalue weighted by molar-refractivity contribution is 5.80. The molecular weight excluding hydrogens is 320 g/mol. The summed E-state index contributed by atoms with van der Waals surface area (Å²) >= 11 is 0. The van der Waals surface area contributed by atoms with Gasteiger partial charge < -0.3 is 10.4 Å². The molecule has 2 atom stereocenters. The second kappa shape index (κ2) is 7.72. The SMILES string of the molecule is Cc1nn(C(F)F)c(C)c1CC(=O)N[C@H]1CCCCC[C@H]1C(=O)O. The van der Waals surface area contributed by atoms with Gasteiger partial charge in [0.25, 0.3) is 0 Å². The van der Waals surface area contributed by atoms with Crippen molar-refractivity contribution in [3.8, 4) is 0 Å². The van der Waals surface area contributed by atoms with Crippen LogP contribution in [0, 0.1) is 19.8 Å². The molecule has 0 aliphatic heterocycles. The number of aromatic nitrogens is 2. The Balaban J connectivity index is 2.08. The fourth-order valence-corrected chi connectivity index (χ4v) is 3.34. The number of alkyl halides is 2. The van der Waals surface area contributed by atoms with Crippen molar-refractivity contribution < 1.29 is 23.5 Å². The number of hydrogen-bond donors (Lipinski definition) is 2. The van der Waals surface area contributed by atoms with Gasteiger partial charge in [-0.1, -0.05) is 19.3 Å². The molecule has 8 heteroatoms. The number of rotatable bonds is 5. The molecule has 0 spiro atoms. The van der Waals surface area contributed by atoms with E-state index in [1.54, 1.807) is 6.92 Å². The molecule has 0 bridgehead atoms. The Hall–Kier alpha value is -1.99. The number of carbonyl (C=O) groups excluding carboxylic acids is 1. The number of halogens is 2. The van der Waals surface area contributed by atoms with Crippen LogP contribution in [0.3, 0.4) is 0 Å². The average molecular weight is 343 g/mol. The molecule has 1 fully saturated rings. The molecule has 1 aliphatic rings. The van der Waals surface area contributed by atoms with E-state index < -0.39 is 24.5 Å². The molecule has 1 amide bonds. The first-order valence-corrected chi connectivity index (χ1v) is 8.16. The molecule has 24 heavy (non-hydrogen) atoms. The maximum atomic E-state index is 12.9. The van der Waals surface area contributed by atoms with Gasteiger partial charge in [-0.15, -0.1) is 0 Å². The quantitative estimate of drug-likeness (QED) is 0.805. The number of nitrogens with zero attached hydrogens (tertiary/aromatic N) is 2. The van der Waals surface area contributed by atoms with Crippen LogP contribution in [0.25, 0.3) is 0 Å². The fraction of sp³-hybridized carbons (Fsp3) is 0.688. The van der Waals surface area contributed by atoms with E-state index in [9.17, 15) is 23.5 Å². The predicted molar refractivity (Wildman–Crippen MR) is 82.8 cm³/mol. The van der Waals surface area contributed by atoms with E-state index in [0.29, 0.717) is 28.8 Å². The van der Waals surface area contributed by atoms with E-state index in [0.717, 1.165) is 19.3 Å². The molecule has 1 saturated carbocycles. The van der Waals surface area contributed by atoms with Crippen LogP contribution in [0.5, 0.6) is 0 Å². The Kier molecular flexibility index (Phi) is 5.90. The first-order chi connectivity index (χ1) is 11.3. The van der Waals surface area contributed by atoms with Gasteiger partial charge in [-0.25, -0.2) is 4.68 Å². The van der Waals surface area contributed by atoms with E-state index in [2.05, 4.69) is 10.4 Å². The number of hydrogen-bond acceptors (Lipinski definition) is 3. The molecule has 0 radical (unpaired) electrons. The van der Waals surface area contributed by atoms with Gasteiger partial charge in [0.15, 0.2) is 0 Å². The van der Waals surface area contributed by atoms with Crippen molar-refractivity contribution in [3.63, 3.8) is 0 Å². The third-order valence-corrected chi connectivity index (χ3v) is 4.68. The van der Waals surface area contributed by atoms with E-state index >= 15 is 0 Å². The van der Waals surface area contributed by atoms with Crippen LogP contribution in [-0.2, 0) is 16.0 Å². The molecule has 1 aromatic rings. The van der Waals surface area contributed by atoms with Crippen LogP contribution in [-0.4, -0.2) is 32.8 Å². The number of amides is 1. The van der Waals surface area contributed by atoms with Crippen molar-refractivity contribution in [3.05, 3.63) is 17.0 Å². The second-order valence-electron chi connectivity index (χ2n) is 6.31. The van der Waals surface area contributed by atoms with Crippen LogP contribution in [0.15, 0.2) is 0 Å². The molecule has 0 aromatic carbocycles. The minimum absolute atomic E-state index is 0.0762. The van der Waals surface area contributed by atoms with Gasteiger partial charge in [-0.05, 0) is 26.7 Å². The van der Waals surface area contributed by atoms with Crippen LogP contribution >= 0.6 is 0 Å². The summed E-state index contributed by atoms with van der Waals surface area (Å²) in [6.07, 6.45) is 3.75. The van der Waals surface area contributed by atoms with Gasteiger partial charge in [0.1, 0.15) is 0 Å². The topological polar surface area (TPSA) is 84.2 Å². The summed E-state index contributed by atoms with van der Waals surface area (Å²) in [7, 11) is 0. The molecule has 1 aromatic heterocycles. The standard InChI is InChI=1S/C16H23F2N3O3/c1-9-12(10(2)21(20-9)16(17)18)8-14(22)19-13-7-5-3-4-6-11(13)15(23)24/h11,13,16H,3-8H2,1-2H3,(H,19,22)(H,23,24)/t11-,13+/m1/s1. The van der Waals surface area contributed by atoms with Crippen LogP contribution in [0.4, 0.5) is 8.78 Å². The first-order valence-electron chi connectivity index (χ1n) is 8.16. The van der Waals surface area contributed by atoms with Crippen molar-refractivity contribution >= 4 is 11.9 Å². The molecule has 134 valence electrons. The zero-order valence-corrected chi connectivity index (χ0v) is 13.9. The predicted octanol–water partition coefficient (Wildman–Crippen LogP) is 2.59. The van der Waals surface area contributed by atoms with Crippen molar-refractivity contribution in [1.82, 2.24) is 15.1 Å². The normalized spacial score (nSPS) is 21.5. The van der Waals surface area contributed by atoms with Gasteiger partial charge in [0.2, 0.25) is 5.91 Å². The summed E-state index contributed by atoms with van der Waals surface area (Å²) in [4.78, 5) is 23.7. The number of carbonyl (C=O) groups is 2. The highest BCUT2D eigenvalue weighted by Crippen LogP contribution is 2.24. The van der Waals surface area contributed by atoms with E-state index in [1.807, 2.05) is 0 Å². The summed E-state index contributed by atoms with van der Waals surface area (Å²) in [5, 5.41) is 15.9. The largest absolute Gasteiger partial charge is 0.481 e. The van der Waals surface area contributed by atoms with E-state index in [-0.39, 0.29) is 18.0 Å². The molecule has 1 heterocycles. The molecule has 0 unspecified atom stereocenters. The fourth-order valence-electron chi connectivity index (χ4n) is 3.34. The second-order valence-corrected chi connectivity index (χ2v) is 6.31. The smallest absolute Gasteiger partial charge is 0.333 e. The zero-order valence-electron chi connectivity index (χ0n) is 13.9. The molecule has 6 nitrogen and oxygen atoms in total. The Morgan fingerprint density at radius 3 is 2.54 bits per heavy atom.